The van der Waals surface area contributed by atoms with E-state index in [1.165, 1.54) is 6.20 Å². The SMILES string of the molecule is CCOC(=O)c1cnn2c(C)cc(/C(CC)=N/O)nc12. The van der Waals surface area contributed by atoms with Gasteiger partial charge in [0.05, 0.1) is 18.5 Å². The highest BCUT2D eigenvalue weighted by molar-refractivity contribution is 6.00. The Morgan fingerprint density at radius 3 is 2.85 bits per heavy atom. The molecule has 0 radical (unpaired) electrons. The van der Waals surface area contributed by atoms with E-state index < -0.39 is 5.97 Å². The first-order valence-corrected chi connectivity index (χ1v) is 6.36. The number of esters is 1. The number of carbonyl (C=O) groups excluding carboxylic acids is 1. The van der Waals surface area contributed by atoms with Crippen LogP contribution < -0.4 is 0 Å². The first-order chi connectivity index (χ1) is 9.62. The molecular weight excluding hydrogens is 260 g/mol. The van der Waals surface area contributed by atoms with E-state index in [9.17, 15) is 4.79 Å². The average molecular weight is 276 g/mol. The predicted octanol–water partition coefficient (Wildman–Crippen LogP) is 1.80. The molecule has 0 amide bonds. The van der Waals surface area contributed by atoms with E-state index in [1.54, 1.807) is 17.5 Å². The molecule has 0 fully saturated rings. The lowest BCUT2D eigenvalue weighted by Crippen LogP contribution is -2.09. The molecule has 0 saturated heterocycles. The summed E-state index contributed by atoms with van der Waals surface area (Å²) in [6, 6.07) is 1.76. The minimum absolute atomic E-state index is 0.285. The van der Waals surface area contributed by atoms with Crippen molar-refractivity contribution in [3.63, 3.8) is 0 Å². The number of oxime groups is 1. The van der Waals surface area contributed by atoms with Crippen LogP contribution in [0.15, 0.2) is 17.4 Å². The topological polar surface area (TPSA) is 89.1 Å². The highest BCUT2D eigenvalue weighted by atomic mass is 16.5. The van der Waals surface area contributed by atoms with E-state index in [0.29, 0.717) is 29.0 Å². The number of aromatic nitrogens is 3. The number of rotatable bonds is 4. The number of hydrogen-bond donors (Lipinski definition) is 1. The molecular formula is C13H16N4O3. The van der Waals surface area contributed by atoms with Crippen molar-refractivity contribution in [3.05, 3.63) is 29.2 Å². The Kier molecular flexibility index (Phi) is 3.97. The lowest BCUT2D eigenvalue weighted by Gasteiger charge is -2.06. The van der Waals surface area contributed by atoms with Crippen LogP contribution in [0.1, 0.15) is 42.0 Å². The molecule has 0 aliphatic carbocycles. The van der Waals surface area contributed by atoms with E-state index in [2.05, 4.69) is 15.2 Å². The van der Waals surface area contributed by atoms with Crippen molar-refractivity contribution in [1.82, 2.24) is 14.6 Å². The molecule has 2 rings (SSSR count). The highest BCUT2D eigenvalue weighted by Crippen LogP contribution is 2.14. The maximum atomic E-state index is 11.9. The van der Waals surface area contributed by atoms with E-state index in [0.717, 1.165) is 5.69 Å². The van der Waals surface area contributed by atoms with E-state index in [4.69, 9.17) is 9.94 Å². The third-order valence-electron chi connectivity index (χ3n) is 2.90. The van der Waals surface area contributed by atoms with Crippen molar-refractivity contribution in [3.8, 4) is 0 Å². The number of fused-ring (bicyclic) bond motifs is 1. The molecule has 2 heterocycles. The second-order valence-corrected chi connectivity index (χ2v) is 4.20. The quantitative estimate of drug-likeness (QED) is 0.398. The number of carbonyl (C=O) groups is 1. The zero-order chi connectivity index (χ0) is 14.7. The molecule has 0 aliphatic heterocycles. The maximum absolute atomic E-state index is 11.9. The van der Waals surface area contributed by atoms with Crippen LogP contribution >= 0.6 is 0 Å². The van der Waals surface area contributed by atoms with Crippen molar-refractivity contribution in [1.29, 1.82) is 0 Å². The lowest BCUT2D eigenvalue weighted by molar-refractivity contribution is 0.0528. The Balaban J connectivity index is 2.61. The summed E-state index contributed by atoms with van der Waals surface area (Å²) in [5.41, 5.74) is 2.45. The molecule has 7 heteroatoms. The summed E-state index contributed by atoms with van der Waals surface area (Å²) in [6.07, 6.45) is 1.96. The van der Waals surface area contributed by atoms with Gasteiger partial charge >= 0.3 is 5.97 Å². The molecule has 7 nitrogen and oxygen atoms in total. The Hall–Kier alpha value is -2.44. The van der Waals surface area contributed by atoms with Gasteiger partial charge in [0, 0.05) is 5.69 Å². The van der Waals surface area contributed by atoms with Gasteiger partial charge in [-0.25, -0.2) is 14.3 Å². The first-order valence-electron chi connectivity index (χ1n) is 6.36. The molecule has 20 heavy (non-hydrogen) atoms. The van der Waals surface area contributed by atoms with Gasteiger partial charge in [-0.05, 0) is 26.3 Å². The third kappa shape index (κ3) is 2.34. The van der Waals surface area contributed by atoms with Crippen LogP contribution in [0.2, 0.25) is 0 Å². The molecule has 0 atom stereocenters. The smallest absolute Gasteiger partial charge is 0.343 e. The van der Waals surface area contributed by atoms with E-state index >= 15 is 0 Å². The van der Waals surface area contributed by atoms with Crippen LogP contribution in [-0.2, 0) is 4.74 Å². The molecule has 0 bridgehead atoms. The van der Waals surface area contributed by atoms with Crippen LogP contribution in [0.25, 0.3) is 5.65 Å². The van der Waals surface area contributed by atoms with Crippen molar-refractivity contribution in [2.24, 2.45) is 5.16 Å². The van der Waals surface area contributed by atoms with Crippen LogP contribution in [0, 0.1) is 6.92 Å². The normalized spacial score (nSPS) is 11.8. The number of hydrogen-bond acceptors (Lipinski definition) is 6. The zero-order valence-electron chi connectivity index (χ0n) is 11.6. The van der Waals surface area contributed by atoms with Crippen molar-refractivity contribution < 1.29 is 14.7 Å². The number of ether oxygens (including phenoxy) is 1. The number of aryl methyl sites for hydroxylation is 1. The van der Waals surface area contributed by atoms with E-state index in [-0.39, 0.29) is 6.61 Å². The molecule has 0 saturated carbocycles. The minimum atomic E-state index is -0.467. The molecule has 0 spiro atoms. The second kappa shape index (κ2) is 5.68. The molecule has 2 aromatic rings. The highest BCUT2D eigenvalue weighted by Gasteiger charge is 2.18. The van der Waals surface area contributed by atoms with Gasteiger partial charge in [0.2, 0.25) is 0 Å². The van der Waals surface area contributed by atoms with Gasteiger partial charge in [0.15, 0.2) is 5.65 Å². The minimum Gasteiger partial charge on any atom is -0.462 e. The predicted molar refractivity (Wildman–Crippen MR) is 72.3 cm³/mol. The van der Waals surface area contributed by atoms with Crippen LogP contribution in [0.4, 0.5) is 0 Å². The fourth-order valence-corrected chi connectivity index (χ4v) is 1.92. The molecule has 106 valence electrons. The van der Waals surface area contributed by atoms with Crippen LogP contribution in [0.5, 0.6) is 0 Å². The average Bonchev–Trinajstić information content (AvgIpc) is 2.85. The van der Waals surface area contributed by atoms with Gasteiger partial charge in [-0.15, -0.1) is 0 Å². The molecule has 0 unspecified atom stereocenters. The van der Waals surface area contributed by atoms with Gasteiger partial charge < -0.3 is 9.94 Å². The summed E-state index contributed by atoms with van der Waals surface area (Å²) in [4.78, 5) is 16.2. The number of nitrogens with zero attached hydrogens (tertiary/aromatic N) is 4. The third-order valence-corrected chi connectivity index (χ3v) is 2.90. The summed E-state index contributed by atoms with van der Waals surface area (Å²) in [6.45, 7) is 5.72. The van der Waals surface area contributed by atoms with Crippen molar-refractivity contribution in [2.75, 3.05) is 6.61 Å². The summed E-state index contributed by atoms with van der Waals surface area (Å²) in [5.74, 6) is -0.467. The zero-order valence-corrected chi connectivity index (χ0v) is 11.6. The molecule has 0 aromatic carbocycles. The van der Waals surface area contributed by atoms with Gasteiger partial charge in [-0.3, -0.25) is 0 Å². The van der Waals surface area contributed by atoms with Crippen LogP contribution in [-0.4, -0.2) is 38.1 Å². The van der Waals surface area contributed by atoms with Crippen molar-refractivity contribution >= 4 is 17.3 Å². The largest absolute Gasteiger partial charge is 0.462 e. The van der Waals surface area contributed by atoms with Crippen molar-refractivity contribution in [2.45, 2.75) is 27.2 Å². The summed E-state index contributed by atoms with van der Waals surface area (Å²) in [7, 11) is 0. The molecule has 1 N–H and O–H groups in total. The Morgan fingerprint density at radius 2 is 2.25 bits per heavy atom. The van der Waals surface area contributed by atoms with Gasteiger partial charge in [-0.1, -0.05) is 12.1 Å². The standard InChI is InChI=1S/C13H16N4O3/c1-4-10(16-19)11-6-8(3)17-12(15-11)9(7-14-17)13(18)20-5-2/h6-7,19H,4-5H2,1-3H3/b16-10+. The molecule has 0 aliphatic rings. The van der Waals surface area contributed by atoms with Gasteiger partial charge in [0.1, 0.15) is 11.3 Å². The monoisotopic (exact) mass is 276 g/mol. The summed E-state index contributed by atoms with van der Waals surface area (Å²) >= 11 is 0. The fraction of sp³-hybridized carbons (Fsp3) is 0.385. The Bertz CT molecular complexity index is 676. The van der Waals surface area contributed by atoms with Gasteiger partial charge in [0.25, 0.3) is 0 Å². The van der Waals surface area contributed by atoms with E-state index in [1.807, 2.05) is 13.8 Å². The Labute approximate surface area is 115 Å². The second-order valence-electron chi connectivity index (χ2n) is 4.20. The fourth-order valence-electron chi connectivity index (χ4n) is 1.92. The first kappa shape index (κ1) is 14.0. The molecule has 2 aromatic heterocycles. The Morgan fingerprint density at radius 1 is 1.50 bits per heavy atom. The summed E-state index contributed by atoms with van der Waals surface area (Å²) < 4.78 is 6.53. The lowest BCUT2D eigenvalue weighted by atomic mass is 10.2. The maximum Gasteiger partial charge on any atom is 0.343 e. The summed E-state index contributed by atoms with van der Waals surface area (Å²) in [5, 5.41) is 16.3. The van der Waals surface area contributed by atoms with Crippen LogP contribution in [0.3, 0.4) is 0 Å². The van der Waals surface area contributed by atoms with Gasteiger partial charge in [-0.2, -0.15) is 5.10 Å².